The smallest absolute Gasteiger partial charge is 0.409 e. The highest BCUT2D eigenvalue weighted by Crippen LogP contribution is 2.27. The Kier molecular flexibility index (Phi) is 7.30. The lowest BCUT2D eigenvalue weighted by Crippen LogP contribution is -2.34. The molecule has 1 aliphatic rings. The van der Waals surface area contributed by atoms with Gasteiger partial charge in [-0.05, 0) is 25.8 Å². The molecule has 10 heteroatoms. The van der Waals surface area contributed by atoms with Gasteiger partial charge in [0.2, 0.25) is 0 Å². The van der Waals surface area contributed by atoms with Crippen molar-refractivity contribution in [2.45, 2.75) is 24.8 Å². The van der Waals surface area contributed by atoms with Crippen molar-refractivity contribution in [1.82, 2.24) is 14.2 Å². The van der Waals surface area contributed by atoms with E-state index in [-0.39, 0.29) is 42.4 Å². The topological polar surface area (TPSA) is 93.0 Å². The molecular formula is C16H24FN3O5S. The van der Waals surface area contributed by atoms with Gasteiger partial charge in [0.25, 0.3) is 0 Å². The molecule has 2 unspecified atom stereocenters. The third-order valence-electron chi connectivity index (χ3n) is 4.08. The lowest BCUT2D eigenvalue weighted by atomic mass is 10.1. The van der Waals surface area contributed by atoms with Crippen LogP contribution in [0.2, 0.25) is 0 Å². The first kappa shape index (κ1) is 20.5. The molecule has 0 spiro atoms. The van der Waals surface area contributed by atoms with Gasteiger partial charge in [0.15, 0.2) is 11.5 Å². The van der Waals surface area contributed by atoms with E-state index >= 15 is 0 Å². The maximum Gasteiger partial charge on any atom is 0.409 e. The fourth-order valence-electron chi connectivity index (χ4n) is 2.77. The quantitative estimate of drug-likeness (QED) is 0.538. The predicted molar refractivity (Wildman–Crippen MR) is 93.3 cm³/mol. The first-order valence-electron chi connectivity index (χ1n) is 8.39. The number of aryl methyl sites for hydroxylation is 1. The molecular weight excluding hydrogens is 365 g/mol. The first-order valence-corrected chi connectivity index (χ1v) is 9.21. The van der Waals surface area contributed by atoms with Crippen LogP contribution in [0, 0.1) is 11.7 Å². The van der Waals surface area contributed by atoms with Crippen LogP contribution in [0.1, 0.15) is 24.3 Å². The molecule has 0 bridgehead atoms. The van der Waals surface area contributed by atoms with E-state index in [1.54, 1.807) is 20.9 Å². The normalized spacial score (nSPS) is 19.7. The van der Waals surface area contributed by atoms with Crippen LogP contribution in [0.5, 0.6) is 0 Å². The van der Waals surface area contributed by atoms with Crippen molar-refractivity contribution in [3.05, 3.63) is 17.7 Å². The average Bonchev–Trinajstić information content (AvgIpc) is 3.14. The summed E-state index contributed by atoms with van der Waals surface area (Å²) in [6.07, 6.45) is 1.06. The molecule has 0 aromatic carbocycles. The number of ether oxygens (including phenoxy) is 2. The fourth-order valence-corrected chi connectivity index (χ4v) is 3.71. The van der Waals surface area contributed by atoms with E-state index in [1.807, 2.05) is 0 Å². The van der Waals surface area contributed by atoms with E-state index in [4.69, 9.17) is 9.47 Å². The van der Waals surface area contributed by atoms with Crippen molar-refractivity contribution in [3.8, 4) is 0 Å². The molecule has 1 amide bonds. The number of likely N-dealkylation sites (tertiary alicyclic amines) is 1. The van der Waals surface area contributed by atoms with Crippen molar-refractivity contribution in [2.24, 2.45) is 13.0 Å². The highest BCUT2D eigenvalue weighted by molar-refractivity contribution is 7.97. The van der Waals surface area contributed by atoms with E-state index in [2.05, 4.69) is 4.72 Å². The lowest BCUT2D eigenvalue weighted by molar-refractivity contribution is 0.0509. The molecule has 2 heterocycles. The Morgan fingerprint density at radius 2 is 2.04 bits per heavy atom. The maximum absolute atomic E-state index is 14.5. The minimum atomic E-state index is -0.720. The number of halogens is 1. The van der Waals surface area contributed by atoms with Crippen LogP contribution in [0.4, 0.5) is 9.18 Å². The van der Waals surface area contributed by atoms with E-state index in [0.717, 1.165) is 11.9 Å². The highest BCUT2D eigenvalue weighted by Gasteiger charge is 2.36. The SMILES string of the molecule is CCOC(=O)c1c(F)c(SNC2CN(C(=O)OCC)CC2CO)cn1C. The summed E-state index contributed by atoms with van der Waals surface area (Å²) in [5.74, 6) is -1.57. The van der Waals surface area contributed by atoms with Crippen LogP contribution in [0.3, 0.4) is 0 Å². The number of carbonyl (C=O) groups is 2. The van der Waals surface area contributed by atoms with Gasteiger partial charge in [-0.2, -0.15) is 0 Å². The molecule has 1 fully saturated rings. The molecule has 26 heavy (non-hydrogen) atoms. The molecule has 1 aromatic heterocycles. The van der Waals surface area contributed by atoms with E-state index in [0.29, 0.717) is 13.1 Å². The number of hydrogen-bond donors (Lipinski definition) is 2. The molecule has 1 aliphatic heterocycles. The lowest BCUT2D eigenvalue weighted by Gasteiger charge is -2.16. The summed E-state index contributed by atoms with van der Waals surface area (Å²) < 4.78 is 28.8. The summed E-state index contributed by atoms with van der Waals surface area (Å²) >= 11 is 1.02. The van der Waals surface area contributed by atoms with Gasteiger partial charge in [0.05, 0.1) is 18.1 Å². The third-order valence-corrected chi connectivity index (χ3v) is 5.00. The van der Waals surface area contributed by atoms with Crippen LogP contribution in [-0.2, 0) is 16.5 Å². The number of nitrogens with zero attached hydrogens (tertiary/aromatic N) is 2. The van der Waals surface area contributed by atoms with E-state index in [1.165, 1.54) is 15.7 Å². The minimum absolute atomic E-state index is 0.112. The minimum Gasteiger partial charge on any atom is -0.461 e. The molecule has 0 aliphatic carbocycles. The Balaban J connectivity index is 2.03. The molecule has 1 saturated heterocycles. The van der Waals surface area contributed by atoms with Gasteiger partial charge in [0, 0.05) is 44.9 Å². The second kappa shape index (κ2) is 9.24. The van der Waals surface area contributed by atoms with Crippen LogP contribution in [0.15, 0.2) is 11.1 Å². The van der Waals surface area contributed by atoms with E-state index in [9.17, 15) is 19.1 Å². The second-order valence-corrected chi connectivity index (χ2v) is 6.74. The van der Waals surface area contributed by atoms with Gasteiger partial charge >= 0.3 is 12.1 Å². The van der Waals surface area contributed by atoms with Crippen molar-refractivity contribution in [3.63, 3.8) is 0 Å². The number of aliphatic hydroxyl groups excluding tert-OH is 1. The number of aromatic nitrogens is 1. The molecule has 2 atom stereocenters. The van der Waals surface area contributed by atoms with Gasteiger partial charge in [-0.25, -0.2) is 14.0 Å². The highest BCUT2D eigenvalue weighted by atomic mass is 32.2. The number of rotatable bonds is 7. The van der Waals surface area contributed by atoms with Gasteiger partial charge in [0.1, 0.15) is 0 Å². The fraction of sp³-hybridized carbons (Fsp3) is 0.625. The zero-order chi connectivity index (χ0) is 19.3. The summed E-state index contributed by atoms with van der Waals surface area (Å²) in [6.45, 7) is 4.41. The molecule has 146 valence electrons. The summed E-state index contributed by atoms with van der Waals surface area (Å²) in [5.41, 5.74) is -0.144. The zero-order valence-corrected chi connectivity index (χ0v) is 15.8. The summed E-state index contributed by atoms with van der Waals surface area (Å²) in [4.78, 5) is 25.4. The van der Waals surface area contributed by atoms with Crippen LogP contribution in [-0.4, -0.2) is 65.6 Å². The molecule has 0 radical (unpaired) electrons. The maximum atomic E-state index is 14.5. The van der Waals surface area contributed by atoms with Gasteiger partial charge in [-0.15, -0.1) is 0 Å². The van der Waals surface area contributed by atoms with Crippen molar-refractivity contribution in [2.75, 3.05) is 32.9 Å². The monoisotopic (exact) mass is 389 g/mol. The largest absolute Gasteiger partial charge is 0.461 e. The molecule has 1 aromatic rings. The number of carbonyl (C=O) groups excluding carboxylic acids is 2. The van der Waals surface area contributed by atoms with Gasteiger partial charge in [-0.3, -0.25) is 4.72 Å². The van der Waals surface area contributed by atoms with Crippen molar-refractivity contribution in [1.29, 1.82) is 0 Å². The molecule has 2 N–H and O–H groups in total. The Hall–Kier alpha value is -1.78. The number of amides is 1. The first-order chi connectivity index (χ1) is 12.4. The van der Waals surface area contributed by atoms with Crippen molar-refractivity contribution < 1.29 is 28.6 Å². The van der Waals surface area contributed by atoms with Crippen LogP contribution >= 0.6 is 11.9 Å². The summed E-state index contributed by atoms with van der Waals surface area (Å²) in [5, 5.41) is 9.53. The molecule has 8 nitrogen and oxygen atoms in total. The van der Waals surface area contributed by atoms with Crippen molar-refractivity contribution >= 4 is 24.0 Å². The standard InChI is InChI=1S/C16H24FN3O5S/c1-4-24-15(22)14-13(17)12(8-19(14)3)26-18-11-7-20(6-10(11)9-21)16(23)25-5-2/h8,10-11,18,21H,4-7,9H2,1-3H3. The summed E-state index contributed by atoms with van der Waals surface area (Å²) in [7, 11) is 1.56. The van der Waals surface area contributed by atoms with Gasteiger partial charge in [-0.1, -0.05) is 0 Å². The predicted octanol–water partition coefficient (Wildman–Crippen LogP) is 1.39. The Morgan fingerprint density at radius 3 is 2.65 bits per heavy atom. The third kappa shape index (κ3) is 4.49. The number of hydrogen-bond acceptors (Lipinski definition) is 7. The number of nitrogens with one attached hydrogen (secondary N) is 1. The number of aliphatic hydroxyl groups is 1. The Morgan fingerprint density at radius 1 is 1.35 bits per heavy atom. The Labute approximate surface area is 155 Å². The van der Waals surface area contributed by atoms with Crippen LogP contribution < -0.4 is 4.72 Å². The van der Waals surface area contributed by atoms with Gasteiger partial charge < -0.3 is 24.0 Å². The molecule has 2 rings (SSSR count). The van der Waals surface area contributed by atoms with Crippen LogP contribution in [0.25, 0.3) is 0 Å². The average molecular weight is 389 g/mol. The summed E-state index contributed by atoms with van der Waals surface area (Å²) in [6, 6.07) is -0.236. The zero-order valence-electron chi connectivity index (χ0n) is 15.0. The van der Waals surface area contributed by atoms with E-state index < -0.39 is 17.9 Å². The Bertz CT molecular complexity index is 654. The molecule has 0 saturated carbocycles. The second-order valence-electron chi connectivity index (χ2n) is 5.86. The number of esters is 1.